The topological polar surface area (TPSA) is 0 Å². The van der Waals surface area contributed by atoms with Gasteiger partial charge in [0.2, 0.25) is 0 Å². The van der Waals surface area contributed by atoms with E-state index in [1.807, 2.05) is 60.7 Å². The van der Waals surface area contributed by atoms with Crippen molar-refractivity contribution in [3.8, 4) is 33.4 Å². The van der Waals surface area contributed by atoms with Gasteiger partial charge in [0.05, 0.1) is 0 Å². The van der Waals surface area contributed by atoms with Crippen molar-refractivity contribution in [1.29, 1.82) is 0 Å². The van der Waals surface area contributed by atoms with E-state index in [1.165, 1.54) is 5.56 Å². The van der Waals surface area contributed by atoms with Crippen LogP contribution in [0.3, 0.4) is 0 Å². The molecule has 32 heavy (non-hydrogen) atoms. The molecule has 0 saturated carbocycles. The number of hydrogen-bond donors (Lipinski definition) is 0. The first-order valence-corrected chi connectivity index (χ1v) is 11.4. The molecule has 0 aliphatic heterocycles. The second-order valence-corrected chi connectivity index (χ2v) is 8.28. The van der Waals surface area contributed by atoms with Crippen LogP contribution in [0.25, 0.3) is 33.4 Å². The third-order valence-corrected chi connectivity index (χ3v) is 5.87. The van der Waals surface area contributed by atoms with Crippen LogP contribution in [-0.2, 0) is 12.8 Å². The molecule has 0 saturated heterocycles. The molecule has 0 aromatic heterocycles. The predicted octanol–water partition coefficient (Wildman–Crippen LogP) is 8.87. The summed E-state index contributed by atoms with van der Waals surface area (Å²) in [5.41, 5.74) is 6.88. The van der Waals surface area contributed by atoms with Crippen LogP contribution in [0.15, 0.2) is 84.9 Å². The normalized spacial score (nSPS) is 11.0. The number of benzene rings is 4. The van der Waals surface area contributed by atoms with E-state index in [1.54, 1.807) is 12.1 Å². The van der Waals surface area contributed by atoms with Crippen molar-refractivity contribution >= 4 is 0 Å². The summed E-state index contributed by atoms with van der Waals surface area (Å²) < 4.78 is 29.5. The Morgan fingerprint density at radius 3 is 1.47 bits per heavy atom. The Bertz CT molecular complexity index is 1190. The molecule has 0 aliphatic rings. The highest BCUT2D eigenvalue weighted by molar-refractivity contribution is 5.74. The fraction of sp³-hybridized carbons (Fsp3) is 0.200. The molecule has 0 bridgehead atoms. The largest absolute Gasteiger partial charge is 0.206 e. The second kappa shape index (κ2) is 9.91. The van der Waals surface area contributed by atoms with Gasteiger partial charge in [-0.1, -0.05) is 99.5 Å². The SMILES string of the molecule is CCCc1ccc(-c2ccc(-c3ccc(-c4ccc(CCC)cc4F)cc3)cc2F)cc1. The van der Waals surface area contributed by atoms with Crippen LogP contribution >= 0.6 is 0 Å². The van der Waals surface area contributed by atoms with Crippen molar-refractivity contribution in [3.63, 3.8) is 0 Å². The molecule has 2 heteroatoms. The lowest BCUT2D eigenvalue weighted by Gasteiger charge is -2.10. The standard InChI is InChI=1S/C30H28F2/c1-3-5-21-7-10-24(11-8-21)28-18-16-26(20-30(28)32)23-12-14-25(15-13-23)27-17-9-22(6-4-2)19-29(27)31/h7-20H,3-6H2,1-2H3. The van der Waals surface area contributed by atoms with E-state index in [2.05, 4.69) is 26.0 Å². The lowest BCUT2D eigenvalue weighted by atomic mass is 9.96. The van der Waals surface area contributed by atoms with E-state index in [-0.39, 0.29) is 11.6 Å². The minimum atomic E-state index is -0.243. The van der Waals surface area contributed by atoms with E-state index in [0.29, 0.717) is 11.1 Å². The average molecular weight is 427 g/mol. The zero-order valence-electron chi connectivity index (χ0n) is 18.7. The molecule has 0 atom stereocenters. The number of rotatable bonds is 7. The summed E-state index contributed by atoms with van der Waals surface area (Å²) in [6.07, 6.45) is 4.00. The van der Waals surface area contributed by atoms with Crippen LogP contribution in [0.1, 0.15) is 37.8 Å². The molecule has 0 spiro atoms. The van der Waals surface area contributed by atoms with E-state index in [0.717, 1.165) is 53.5 Å². The van der Waals surface area contributed by atoms with Crippen molar-refractivity contribution in [3.05, 3.63) is 108 Å². The molecule has 162 valence electrons. The summed E-state index contributed by atoms with van der Waals surface area (Å²) in [5.74, 6) is -0.448. The molecule has 0 heterocycles. The van der Waals surface area contributed by atoms with Gasteiger partial charge in [-0.2, -0.15) is 0 Å². The summed E-state index contributed by atoms with van der Waals surface area (Å²) >= 11 is 0. The van der Waals surface area contributed by atoms with Crippen LogP contribution < -0.4 is 0 Å². The van der Waals surface area contributed by atoms with Crippen LogP contribution in [0.5, 0.6) is 0 Å². The van der Waals surface area contributed by atoms with Gasteiger partial charge < -0.3 is 0 Å². The average Bonchev–Trinajstić information content (AvgIpc) is 2.80. The molecule has 4 rings (SSSR count). The summed E-state index contributed by atoms with van der Waals surface area (Å²) in [6, 6.07) is 26.5. The van der Waals surface area contributed by atoms with Crippen LogP contribution in [-0.4, -0.2) is 0 Å². The Labute approximate surface area is 189 Å². The van der Waals surface area contributed by atoms with E-state index in [4.69, 9.17) is 0 Å². The molecule has 4 aromatic rings. The maximum absolute atomic E-state index is 14.9. The molecule has 0 nitrogen and oxygen atoms in total. The van der Waals surface area contributed by atoms with Crippen molar-refractivity contribution < 1.29 is 8.78 Å². The predicted molar refractivity (Wildman–Crippen MR) is 131 cm³/mol. The smallest absolute Gasteiger partial charge is 0.131 e. The van der Waals surface area contributed by atoms with Gasteiger partial charge in [-0.05, 0) is 58.4 Å². The van der Waals surface area contributed by atoms with Crippen molar-refractivity contribution in [1.82, 2.24) is 0 Å². The first-order valence-electron chi connectivity index (χ1n) is 11.4. The van der Waals surface area contributed by atoms with Crippen LogP contribution in [0.2, 0.25) is 0 Å². The minimum absolute atomic E-state index is 0.205. The molecular weight excluding hydrogens is 398 g/mol. The Morgan fingerprint density at radius 1 is 0.469 bits per heavy atom. The van der Waals surface area contributed by atoms with Gasteiger partial charge in [-0.15, -0.1) is 0 Å². The van der Waals surface area contributed by atoms with Gasteiger partial charge in [0, 0.05) is 11.1 Å². The molecule has 0 fully saturated rings. The third kappa shape index (κ3) is 4.80. The summed E-state index contributed by atoms with van der Waals surface area (Å²) in [7, 11) is 0. The van der Waals surface area contributed by atoms with Gasteiger partial charge in [-0.25, -0.2) is 8.78 Å². The molecule has 0 N–H and O–H groups in total. The van der Waals surface area contributed by atoms with Crippen molar-refractivity contribution in [2.24, 2.45) is 0 Å². The summed E-state index contributed by atoms with van der Waals surface area (Å²) in [4.78, 5) is 0. The van der Waals surface area contributed by atoms with Gasteiger partial charge >= 0.3 is 0 Å². The molecule has 0 radical (unpaired) electrons. The highest BCUT2D eigenvalue weighted by Crippen LogP contribution is 2.31. The van der Waals surface area contributed by atoms with Crippen LogP contribution in [0.4, 0.5) is 8.78 Å². The van der Waals surface area contributed by atoms with E-state index in [9.17, 15) is 8.78 Å². The molecule has 4 aromatic carbocycles. The van der Waals surface area contributed by atoms with Crippen molar-refractivity contribution in [2.75, 3.05) is 0 Å². The minimum Gasteiger partial charge on any atom is -0.206 e. The molecule has 0 amide bonds. The zero-order chi connectivity index (χ0) is 22.5. The fourth-order valence-electron chi connectivity index (χ4n) is 4.15. The highest BCUT2D eigenvalue weighted by Gasteiger charge is 2.10. The Hall–Kier alpha value is -3.26. The van der Waals surface area contributed by atoms with Gasteiger partial charge in [0.25, 0.3) is 0 Å². The quantitative estimate of drug-likeness (QED) is 0.277. The molecule has 0 unspecified atom stereocenters. The first-order chi connectivity index (χ1) is 15.6. The van der Waals surface area contributed by atoms with Crippen LogP contribution in [0, 0.1) is 11.6 Å². The first kappa shape index (κ1) is 22.0. The Balaban J connectivity index is 1.56. The Kier molecular flexibility index (Phi) is 6.80. The van der Waals surface area contributed by atoms with Crippen molar-refractivity contribution in [2.45, 2.75) is 39.5 Å². The monoisotopic (exact) mass is 426 g/mol. The summed E-state index contributed by atoms with van der Waals surface area (Å²) in [5, 5.41) is 0. The highest BCUT2D eigenvalue weighted by atomic mass is 19.1. The van der Waals surface area contributed by atoms with Gasteiger partial charge in [0.1, 0.15) is 11.6 Å². The molecular formula is C30H28F2. The number of hydrogen-bond acceptors (Lipinski definition) is 0. The third-order valence-electron chi connectivity index (χ3n) is 5.87. The van der Waals surface area contributed by atoms with Gasteiger partial charge in [-0.3, -0.25) is 0 Å². The Morgan fingerprint density at radius 2 is 0.906 bits per heavy atom. The van der Waals surface area contributed by atoms with Gasteiger partial charge in [0.15, 0.2) is 0 Å². The lowest BCUT2D eigenvalue weighted by molar-refractivity contribution is 0.628. The second-order valence-electron chi connectivity index (χ2n) is 8.28. The maximum Gasteiger partial charge on any atom is 0.131 e. The fourth-order valence-corrected chi connectivity index (χ4v) is 4.15. The lowest BCUT2D eigenvalue weighted by Crippen LogP contribution is -1.90. The zero-order valence-corrected chi connectivity index (χ0v) is 18.7. The maximum atomic E-state index is 14.9. The number of halogens is 2. The summed E-state index contributed by atoms with van der Waals surface area (Å²) in [6.45, 7) is 4.24. The van der Waals surface area contributed by atoms with E-state index >= 15 is 0 Å². The number of aryl methyl sites for hydroxylation is 2. The van der Waals surface area contributed by atoms with E-state index < -0.39 is 0 Å². The molecule has 0 aliphatic carbocycles.